The lowest BCUT2D eigenvalue weighted by molar-refractivity contribution is -0.121. The molecule has 168 valence electrons. The number of carbonyl (C=O) groups is 1. The molecule has 4 rings (SSSR count). The topological polar surface area (TPSA) is 64.0 Å². The molecule has 1 amide bonds. The monoisotopic (exact) mass is 479 g/mol. The van der Waals surface area contributed by atoms with Crippen LogP contribution in [0.15, 0.2) is 76.9 Å². The van der Waals surface area contributed by atoms with Crippen molar-refractivity contribution in [3.05, 3.63) is 88.0 Å². The van der Waals surface area contributed by atoms with Crippen LogP contribution in [-0.2, 0) is 11.4 Å². The number of amidine groups is 1. The summed E-state index contributed by atoms with van der Waals surface area (Å²) in [5.41, 5.74) is 2.42. The number of aliphatic imine (C=N–C) groups is 1. The van der Waals surface area contributed by atoms with Gasteiger partial charge in [0, 0.05) is 23.8 Å². The Hall–Kier alpha value is -3.29. The normalized spacial score (nSPS) is 16.0. The van der Waals surface area contributed by atoms with Gasteiger partial charge < -0.3 is 9.47 Å². The molecule has 1 aliphatic rings. The molecule has 1 aliphatic heterocycles. The second-order valence-corrected chi connectivity index (χ2v) is 8.52. The van der Waals surface area contributed by atoms with E-state index in [1.807, 2.05) is 67.6 Å². The van der Waals surface area contributed by atoms with Gasteiger partial charge in [-0.15, -0.1) is 0 Å². The highest BCUT2D eigenvalue weighted by Crippen LogP contribution is 2.35. The van der Waals surface area contributed by atoms with Gasteiger partial charge in [-0.1, -0.05) is 35.9 Å². The van der Waals surface area contributed by atoms with Crippen LogP contribution in [-0.4, -0.2) is 34.6 Å². The van der Waals surface area contributed by atoms with E-state index < -0.39 is 0 Å². The Morgan fingerprint density at radius 3 is 2.73 bits per heavy atom. The number of rotatable bonds is 7. The first-order chi connectivity index (χ1) is 16.0. The van der Waals surface area contributed by atoms with E-state index in [2.05, 4.69) is 9.98 Å². The summed E-state index contributed by atoms with van der Waals surface area (Å²) in [7, 11) is 1.71. The van der Waals surface area contributed by atoms with E-state index >= 15 is 0 Å². The maximum absolute atomic E-state index is 12.8. The summed E-state index contributed by atoms with van der Waals surface area (Å²) in [5, 5.41) is 1.26. The molecular formula is C25H22ClN3O3S. The predicted octanol–water partition coefficient (Wildman–Crippen LogP) is 5.95. The van der Waals surface area contributed by atoms with Gasteiger partial charge in [-0.25, -0.2) is 4.99 Å². The first-order valence-electron chi connectivity index (χ1n) is 10.3. The zero-order valence-corrected chi connectivity index (χ0v) is 19.8. The fourth-order valence-corrected chi connectivity index (χ4v) is 4.28. The summed E-state index contributed by atoms with van der Waals surface area (Å²) in [5.74, 6) is 1.10. The van der Waals surface area contributed by atoms with Crippen LogP contribution < -0.4 is 9.47 Å². The number of hydrogen-bond acceptors (Lipinski definition) is 6. The number of halogens is 1. The second-order valence-electron chi connectivity index (χ2n) is 7.10. The van der Waals surface area contributed by atoms with Gasteiger partial charge in [-0.3, -0.25) is 14.7 Å². The Morgan fingerprint density at radius 2 is 1.97 bits per heavy atom. The zero-order chi connectivity index (χ0) is 23.2. The highest BCUT2D eigenvalue weighted by molar-refractivity contribution is 8.18. The molecule has 0 unspecified atom stereocenters. The predicted molar refractivity (Wildman–Crippen MR) is 133 cm³/mol. The molecule has 2 aromatic carbocycles. The quantitative estimate of drug-likeness (QED) is 0.392. The third-order valence-electron chi connectivity index (χ3n) is 4.78. The molecule has 0 saturated carbocycles. The highest BCUT2D eigenvalue weighted by atomic mass is 35.5. The van der Waals surface area contributed by atoms with Gasteiger partial charge in [0.15, 0.2) is 16.7 Å². The van der Waals surface area contributed by atoms with Gasteiger partial charge in [-0.05, 0) is 60.7 Å². The lowest BCUT2D eigenvalue weighted by atomic mass is 10.1. The molecule has 6 nitrogen and oxygen atoms in total. The van der Waals surface area contributed by atoms with Crippen LogP contribution in [0.25, 0.3) is 6.08 Å². The van der Waals surface area contributed by atoms with Gasteiger partial charge in [0.05, 0.1) is 23.4 Å². The number of ether oxygens (including phenoxy) is 2. The van der Waals surface area contributed by atoms with Crippen LogP contribution in [0.1, 0.15) is 18.1 Å². The number of thioether (sulfide) groups is 1. The number of nitrogens with zero attached hydrogens (tertiary/aromatic N) is 3. The van der Waals surface area contributed by atoms with Crippen molar-refractivity contribution < 1.29 is 14.3 Å². The lowest BCUT2D eigenvalue weighted by Gasteiger charge is -2.13. The summed E-state index contributed by atoms with van der Waals surface area (Å²) in [6.07, 6.45) is 5.17. The van der Waals surface area contributed by atoms with Crippen molar-refractivity contribution in [2.75, 3.05) is 13.7 Å². The maximum atomic E-state index is 12.8. The molecule has 8 heteroatoms. The third kappa shape index (κ3) is 5.56. The van der Waals surface area contributed by atoms with Crippen LogP contribution in [0.5, 0.6) is 11.5 Å². The molecule has 0 radical (unpaired) electrons. The van der Waals surface area contributed by atoms with Crippen LogP contribution in [0, 0.1) is 0 Å². The van der Waals surface area contributed by atoms with Crippen molar-refractivity contribution in [3.63, 3.8) is 0 Å². The number of aromatic nitrogens is 1. The average Bonchev–Trinajstić information content (AvgIpc) is 3.08. The maximum Gasteiger partial charge on any atom is 0.266 e. The van der Waals surface area contributed by atoms with Crippen LogP contribution in [0.2, 0.25) is 5.02 Å². The van der Waals surface area contributed by atoms with Crippen molar-refractivity contribution in [2.24, 2.45) is 4.99 Å². The summed E-state index contributed by atoms with van der Waals surface area (Å²) in [6, 6.07) is 16.8. The minimum absolute atomic E-state index is 0.111. The molecule has 0 aliphatic carbocycles. The van der Waals surface area contributed by atoms with Gasteiger partial charge >= 0.3 is 0 Å². The minimum atomic E-state index is -0.111. The van der Waals surface area contributed by atoms with E-state index in [-0.39, 0.29) is 5.91 Å². The molecule has 1 fully saturated rings. The Labute approximate surface area is 201 Å². The smallest absolute Gasteiger partial charge is 0.266 e. The summed E-state index contributed by atoms with van der Waals surface area (Å²) >= 11 is 7.55. The molecule has 0 atom stereocenters. The Morgan fingerprint density at radius 1 is 1.12 bits per heavy atom. The van der Waals surface area contributed by atoms with Crippen molar-refractivity contribution >= 4 is 46.2 Å². The molecule has 0 spiro atoms. The lowest BCUT2D eigenvalue weighted by Crippen LogP contribution is -2.23. The van der Waals surface area contributed by atoms with Gasteiger partial charge in [0.25, 0.3) is 5.91 Å². The standard InChI is InChI=1S/C25H22ClN3O3S/c1-3-31-22-13-17(10-11-21(22)32-16-18-7-4-5-9-20(18)26)14-23-24(30)29(2)25(33-23)28-19-8-6-12-27-15-19/h4-15H,3,16H2,1-2H3/b23-14-,28-25?. The van der Waals surface area contributed by atoms with Crippen molar-refractivity contribution in [1.82, 2.24) is 9.88 Å². The van der Waals surface area contributed by atoms with E-state index in [0.29, 0.717) is 45.5 Å². The highest BCUT2D eigenvalue weighted by Gasteiger charge is 2.30. The molecule has 3 aromatic rings. The molecular weight excluding hydrogens is 458 g/mol. The van der Waals surface area contributed by atoms with Crippen molar-refractivity contribution in [1.29, 1.82) is 0 Å². The third-order valence-corrected chi connectivity index (χ3v) is 6.21. The number of amides is 1. The molecule has 1 aromatic heterocycles. The number of hydrogen-bond donors (Lipinski definition) is 0. The zero-order valence-electron chi connectivity index (χ0n) is 18.2. The van der Waals surface area contributed by atoms with Crippen LogP contribution >= 0.6 is 23.4 Å². The minimum Gasteiger partial charge on any atom is -0.490 e. The largest absolute Gasteiger partial charge is 0.490 e. The molecule has 33 heavy (non-hydrogen) atoms. The fourth-order valence-electron chi connectivity index (χ4n) is 3.11. The Kier molecular flexibility index (Phi) is 7.32. The number of pyridine rings is 1. The van der Waals surface area contributed by atoms with E-state index in [1.165, 1.54) is 16.7 Å². The molecule has 0 bridgehead atoms. The number of benzene rings is 2. The number of carbonyl (C=O) groups excluding carboxylic acids is 1. The van der Waals surface area contributed by atoms with Gasteiger partial charge in [-0.2, -0.15) is 0 Å². The van der Waals surface area contributed by atoms with E-state index in [1.54, 1.807) is 19.4 Å². The van der Waals surface area contributed by atoms with Gasteiger partial charge in [0.2, 0.25) is 0 Å². The Bertz CT molecular complexity index is 1210. The average molecular weight is 480 g/mol. The molecule has 1 saturated heterocycles. The first kappa shape index (κ1) is 22.9. The SMILES string of the molecule is CCOc1cc(/C=C2\SC(=Nc3cccnc3)N(C)C2=O)ccc1OCc1ccccc1Cl. The summed E-state index contributed by atoms with van der Waals surface area (Å²) < 4.78 is 11.8. The van der Waals surface area contributed by atoms with E-state index in [9.17, 15) is 4.79 Å². The van der Waals surface area contributed by atoms with E-state index in [4.69, 9.17) is 21.1 Å². The van der Waals surface area contributed by atoms with Crippen molar-refractivity contribution in [2.45, 2.75) is 13.5 Å². The number of likely N-dealkylation sites (N-methyl/N-ethyl adjacent to an activating group) is 1. The Balaban J connectivity index is 1.55. The van der Waals surface area contributed by atoms with Crippen LogP contribution in [0.4, 0.5) is 5.69 Å². The molecule has 2 heterocycles. The second kappa shape index (κ2) is 10.6. The summed E-state index contributed by atoms with van der Waals surface area (Å²) in [4.78, 5) is 23.5. The fraction of sp³-hybridized carbons (Fsp3) is 0.160. The first-order valence-corrected chi connectivity index (χ1v) is 11.5. The summed E-state index contributed by atoms with van der Waals surface area (Å²) in [6.45, 7) is 2.73. The molecule has 0 N–H and O–H groups in total. The van der Waals surface area contributed by atoms with Gasteiger partial charge in [0.1, 0.15) is 6.61 Å². The van der Waals surface area contributed by atoms with Crippen molar-refractivity contribution in [3.8, 4) is 11.5 Å². The van der Waals surface area contributed by atoms with Crippen LogP contribution in [0.3, 0.4) is 0 Å². The van der Waals surface area contributed by atoms with E-state index in [0.717, 1.165) is 11.1 Å².